The van der Waals surface area contributed by atoms with Gasteiger partial charge in [0.15, 0.2) is 0 Å². The molecule has 1 saturated heterocycles. The van der Waals surface area contributed by atoms with Crippen molar-refractivity contribution in [3.05, 3.63) is 20.7 Å². The molecule has 1 aromatic heterocycles. The maximum atomic E-state index is 11.5. The molecule has 1 fully saturated rings. The molecule has 2 rings (SSSR count). The molecule has 4 nitrogen and oxygen atoms in total. The summed E-state index contributed by atoms with van der Waals surface area (Å²) >= 11 is 1.29. The molecular weight excluding hydrogens is 210 g/mol. The van der Waals surface area contributed by atoms with Crippen LogP contribution in [0.4, 0.5) is 0 Å². The van der Waals surface area contributed by atoms with Crippen LogP contribution in [0.15, 0.2) is 10.2 Å². The molecular formula is C10H17N3OS. The number of aryl methyl sites for hydroxylation is 1. The minimum atomic E-state index is 0.160. The first-order valence-electron chi connectivity index (χ1n) is 5.24. The van der Waals surface area contributed by atoms with E-state index in [4.69, 9.17) is 0 Å². The molecule has 0 spiro atoms. The smallest absolute Gasteiger partial charge is 0.307 e. The second kappa shape index (κ2) is 4.47. The lowest BCUT2D eigenvalue weighted by atomic mass is 10.1. The average Bonchev–Trinajstić information content (AvgIpc) is 2.41. The molecule has 84 valence electrons. The van der Waals surface area contributed by atoms with Gasteiger partial charge in [0.05, 0.1) is 0 Å². The predicted molar refractivity (Wildman–Crippen MR) is 62.6 cm³/mol. The van der Waals surface area contributed by atoms with Crippen LogP contribution in [0.1, 0.15) is 5.69 Å². The Morgan fingerprint density at radius 2 is 2.40 bits per heavy atom. The maximum Gasteiger partial charge on any atom is 0.307 e. The summed E-state index contributed by atoms with van der Waals surface area (Å²) in [4.78, 5) is 13.9. The molecule has 0 aromatic carbocycles. The van der Waals surface area contributed by atoms with E-state index in [1.165, 1.54) is 11.3 Å². The Balaban J connectivity index is 1.89. The highest BCUT2D eigenvalue weighted by Crippen LogP contribution is 2.04. The van der Waals surface area contributed by atoms with E-state index in [1.54, 1.807) is 0 Å². The van der Waals surface area contributed by atoms with Crippen LogP contribution in [-0.4, -0.2) is 42.2 Å². The van der Waals surface area contributed by atoms with Gasteiger partial charge in [-0.3, -0.25) is 9.69 Å². The van der Waals surface area contributed by atoms with Gasteiger partial charge in [-0.05, 0) is 14.0 Å². The summed E-state index contributed by atoms with van der Waals surface area (Å²) in [6.45, 7) is 5.90. The molecule has 1 aromatic rings. The van der Waals surface area contributed by atoms with E-state index in [2.05, 4.69) is 17.3 Å². The predicted octanol–water partition coefficient (Wildman–Crippen LogP) is 0.122. The fourth-order valence-corrected chi connectivity index (χ4v) is 2.46. The van der Waals surface area contributed by atoms with E-state index in [1.807, 2.05) is 16.9 Å². The van der Waals surface area contributed by atoms with Crippen LogP contribution in [0.25, 0.3) is 0 Å². The topological polar surface area (TPSA) is 37.3 Å². The molecule has 0 bridgehead atoms. The van der Waals surface area contributed by atoms with Crippen LogP contribution in [0.5, 0.6) is 0 Å². The Morgan fingerprint density at radius 3 is 2.87 bits per heavy atom. The van der Waals surface area contributed by atoms with E-state index in [0.717, 1.165) is 31.9 Å². The van der Waals surface area contributed by atoms with Crippen LogP contribution in [0.3, 0.4) is 0 Å². The normalized spacial score (nSPS) is 17.0. The molecule has 5 heteroatoms. The lowest BCUT2D eigenvalue weighted by Crippen LogP contribution is -2.56. The minimum absolute atomic E-state index is 0.160. The van der Waals surface area contributed by atoms with Crippen LogP contribution in [-0.2, 0) is 6.54 Å². The van der Waals surface area contributed by atoms with Gasteiger partial charge in [0, 0.05) is 43.3 Å². The van der Waals surface area contributed by atoms with Gasteiger partial charge in [-0.25, -0.2) is 0 Å². The minimum Gasteiger partial charge on any atom is -0.314 e. The van der Waals surface area contributed by atoms with Crippen molar-refractivity contribution < 1.29 is 0 Å². The Labute approximate surface area is 93.5 Å². The van der Waals surface area contributed by atoms with Crippen LogP contribution < -0.4 is 10.2 Å². The van der Waals surface area contributed by atoms with Crippen LogP contribution in [0, 0.1) is 6.92 Å². The number of aromatic nitrogens is 1. The van der Waals surface area contributed by atoms with E-state index in [9.17, 15) is 4.79 Å². The van der Waals surface area contributed by atoms with E-state index in [0.29, 0.717) is 6.04 Å². The fraction of sp³-hybridized carbons (Fsp3) is 0.700. The first kappa shape index (κ1) is 10.9. The highest BCUT2D eigenvalue weighted by atomic mass is 32.1. The van der Waals surface area contributed by atoms with Crippen molar-refractivity contribution in [2.45, 2.75) is 19.5 Å². The molecule has 1 aliphatic heterocycles. The number of hydrogen-bond acceptors (Lipinski definition) is 4. The number of thiazole rings is 1. The number of likely N-dealkylation sites (N-methyl/N-ethyl adjacent to an activating group) is 1. The quantitative estimate of drug-likeness (QED) is 0.794. The molecule has 1 N–H and O–H groups in total. The number of rotatable bonds is 4. The highest BCUT2D eigenvalue weighted by Gasteiger charge is 2.21. The summed E-state index contributed by atoms with van der Waals surface area (Å²) < 4.78 is 1.85. The Bertz CT molecular complexity index is 380. The van der Waals surface area contributed by atoms with Crippen molar-refractivity contribution in [2.75, 3.05) is 26.7 Å². The third-order valence-electron chi connectivity index (χ3n) is 3.04. The summed E-state index contributed by atoms with van der Waals surface area (Å²) in [6.07, 6.45) is 0. The van der Waals surface area contributed by atoms with Crippen LogP contribution in [0.2, 0.25) is 0 Å². The van der Waals surface area contributed by atoms with Crippen molar-refractivity contribution in [2.24, 2.45) is 0 Å². The Hall–Kier alpha value is -0.650. The number of nitrogens with zero attached hydrogens (tertiary/aromatic N) is 2. The SMILES string of the molecule is Cc1csc(=O)n1CCN(C)C1CNC1. The summed E-state index contributed by atoms with van der Waals surface area (Å²) in [7, 11) is 2.12. The maximum absolute atomic E-state index is 11.5. The zero-order valence-electron chi connectivity index (χ0n) is 9.19. The third-order valence-corrected chi connectivity index (χ3v) is 3.92. The number of nitrogens with one attached hydrogen (secondary N) is 1. The monoisotopic (exact) mass is 227 g/mol. The second-order valence-corrected chi connectivity index (χ2v) is 4.91. The molecule has 0 radical (unpaired) electrons. The summed E-state index contributed by atoms with van der Waals surface area (Å²) in [5.74, 6) is 0. The molecule has 0 amide bonds. The molecule has 0 saturated carbocycles. The van der Waals surface area contributed by atoms with Crippen molar-refractivity contribution >= 4 is 11.3 Å². The summed E-state index contributed by atoms with van der Waals surface area (Å²) in [5, 5.41) is 5.17. The van der Waals surface area contributed by atoms with Crippen molar-refractivity contribution in [3.63, 3.8) is 0 Å². The molecule has 2 heterocycles. The summed E-state index contributed by atoms with van der Waals surface area (Å²) in [5.41, 5.74) is 1.07. The van der Waals surface area contributed by atoms with Gasteiger partial charge in [0.1, 0.15) is 0 Å². The first-order valence-corrected chi connectivity index (χ1v) is 6.12. The molecule has 0 unspecified atom stereocenters. The number of hydrogen-bond donors (Lipinski definition) is 1. The van der Waals surface area contributed by atoms with Gasteiger partial charge in [-0.1, -0.05) is 11.3 Å². The summed E-state index contributed by atoms with van der Waals surface area (Å²) in [6, 6.07) is 0.652. The van der Waals surface area contributed by atoms with Gasteiger partial charge in [-0.2, -0.15) is 0 Å². The average molecular weight is 227 g/mol. The largest absolute Gasteiger partial charge is 0.314 e. The fourth-order valence-electron chi connectivity index (χ4n) is 1.70. The Kier molecular flexibility index (Phi) is 3.23. The van der Waals surface area contributed by atoms with Gasteiger partial charge in [0.2, 0.25) is 0 Å². The zero-order chi connectivity index (χ0) is 10.8. The Morgan fingerprint density at radius 1 is 1.67 bits per heavy atom. The van der Waals surface area contributed by atoms with Gasteiger partial charge in [0.25, 0.3) is 0 Å². The lowest BCUT2D eigenvalue weighted by molar-refractivity contribution is 0.174. The van der Waals surface area contributed by atoms with Gasteiger partial charge >= 0.3 is 4.87 Å². The lowest BCUT2D eigenvalue weighted by Gasteiger charge is -2.35. The standard InChI is InChI=1S/C10H17N3OS/c1-8-7-15-10(14)13(8)4-3-12(2)9-5-11-6-9/h7,9,11H,3-6H2,1-2H3. The van der Waals surface area contributed by atoms with Crippen molar-refractivity contribution in [1.82, 2.24) is 14.8 Å². The van der Waals surface area contributed by atoms with Crippen LogP contribution >= 0.6 is 11.3 Å². The van der Waals surface area contributed by atoms with Gasteiger partial charge < -0.3 is 9.88 Å². The first-order chi connectivity index (χ1) is 7.18. The van der Waals surface area contributed by atoms with E-state index < -0.39 is 0 Å². The third kappa shape index (κ3) is 2.30. The zero-order valence-corrected chi connectivity index (χ0v) is 10.0. The molecule has 0 atom stereocenters. The van der Waals surface area contributed by atoms with E-state index >= 15 is 0 Å². The molecule has 15 heavy (non-hydrogen) atoms. The molecule has 1 aliphatic rings. The van der Waals surface area contributed by atoms with Gasteiger partial charge in [-0.15, -0.1) is 0 Å². The van der Waals surface area contributed by atoms with Crippen molar-refractivity contribution in [1.29, 1.82) is 0 Å². The van der Waals surface area contributed by atoms with E-state index in [-0.39, 0.29) is 4.87 Å². The highest BCUT2D eigenvalue weighted by molar-refractivity contribution is 7.07. The van der Waals surface area contributed by atoms with Crippen molar-refractivity contribution in [3.8, 4) is 0 Å². The second-order valence-electron chi connectivity index (χ2n) is 4.09. The molecule has 0 aliphatic carbocycles.